The van der Waals surface area contributed by atoms with E-state index in [1.165, 1.54) is 76.2 Å². The van der Waals surface area contributed by atoms with Gasteiger partial charge in [0.15, 0.2) is 0 Å². The maximum atomic E-state index is 10.6. The van der Waals surface area contributed by atoms with Gasteiger partial charge in [0.25, 0.3) is 0 Å². The molecule has 0 saturated heterocycles. The van der Waals surface area contributed by atoms with Crippen LogP contribution in [-0.2, 0) is 0 Å². The smallest absolute Gasteiger partial charge is 0.101 e. The topological polar surface area (TPSA) is 40.5 Å². The fourth-order valence-electron chi connectivity index (χ4n) is 8.86. The number of aliphatic hydroxyl groups is 2. The zero-order valence-corrected chi connectivity index (χ0v) is 26.5. The lowest BCUT2D eigenvalue weighted by Gasteiger charge is -2.58. The molecule has 5 aliphatic rings. The second-order valence-corrected chi connectivity index (χ2v) is 13.8. The second kappa shape index (κ2) is 14.9. The Bertz CT molecular complexity index is 679. The molecule has 0 bridgehead atoms. The highest BCUT2D eigenvalue weighted by atomic mass is 16.3. The van der Waals surface area contributed by atoms with E-state index in [2.05, 4.69) is 40.7 Å². The van der Waals surface area contributed by atoms with Crippen LogP contribution >= 0.6 is 0 Å². The maximum absolute atomic E-state index is 10.6. The quantitative estimate of drug-likeness (QED) is 0.281. The largest absolute Gasteiger partial charge is 0.390 e. The van der Waals surface area contributed by atoms with Gasteiger partial charge in [0, 0.05) is 0 Å². The van der Waals surface area contributed by atoms with Crippen molar-refractivity contribution in [2.45, 2.75) is 164 Å². The predicted octanol–water partition coefficient (Wildman–Crippen LogP) is 9.97. The summed E-state index contributed by atoms with van der Waals surface area (Å²) in [6.45, 7) is 20.0. The number of allylic oxidation sites excluding steroid dienone is 1. The van der Waals surface area contributed by atoms with Gasteiger partial charge in [-0.2, -0.15) is 0 Å². The first-order valence-electron chi connectivity index (χ1n) is 16.7. The highest BCUT2D eigenvalue weighted by Gasteiger charge is 2.59. The molecule has 2 nitrogen and oxygen atoms in total. The van der Waals surface area contributed by atoms with Gasteiger partial charge in [-0.25, -0.2) is 0 Å². The number of rotatable bonds is 5. The summed E-state index contributed by atoms with van der Waals surface area (Å²) >= 11 is 0. The van der Waals surface area contributed by atoms with Crippen molar-refractivity contribution >= 4 is 0 Å². The molecule has 0 heterocycles. The van der Waals surface area contributed by atoms with Crippen LogP contribution in [-0.4, -0.2) is 22.4 Å². The minimum Gasteiger partial charge on any atom is -0.390 e. The van der Waals surface area contributed by atoms with E-state index in [1.807, 2.05) is 27.7 Å². The average molecular weight is 519 g/mol. The molecule has 0 aliphatic heterocycles. The van der Waals surface area contributed by atoms with Crippen molar-refractivity contribution in [1.82, 2.24) is 0 Å². The lowest BCUT2D eigenvalue weighted by molar-refractivity contribution is -0.0766. The van der Waals surface area contributed by atoms with Gasteiger partial charge in [0.1, 0.15) is 6.10 Å². The molecule has 5 aliphatic carbocycles. The minimum absolute atomic E-state index is 0.123. The Labute approximate surface area is 232 Å². The number of unbranched alkanes of at least 4 members (excludes halogenated alkanes) is 1. The number of aliphatic hydroxyl groups excluding tert-OH is 2. The molecule has 0 aromatic carbocycles. The van der Waals surface area contributed by atoms with Gasteiger partial charge < -0.3 is 10.2 Å². The summed E-state index contributed by atoms with van der Waals surface area (Å²) in [5.74, 6) is 5.23. The first-order valence-corrected chi connectivity index (χ1v) is 16.7. The van der Waals surface area contributed by atoms with Crippen LogP contribution in [0.2, 0.25) is 0 Å². The molecule has 8 unspecified atom stereocenters. The summed E-state index contributed by atoms with van der Waals surface area (Å²) < 4.78 is 0. The molecule has 218 valence electrons. The van der Waals surface area contributed by atoms with E-state index < -0.39 is 12.2 Å². The molecule has 0 spiro atoms. The molecular formula is C35H66O2. The van der Waals surface area contributed by atoms with Crippen LogP contribution < -0.4 is 0 Å². The van der Waals surface area contributed by atoms with E-state index in [1.54, 1.807) is 0 Å². The average Bonchev–Trinajstić information content (AvgIpc) is 3.22. The molecule has 4 fully saturated rings. The molecular weight excluding hydrogens is 452 g/mol. The fourth-order valence-corrected chi connectivity index (χ4v) is 8.86. The molecule has 0 amide bonds. The van der Waals surface area contributed by atoms with E-state index in [4.69, 9.17) is 0 Å². The van der Waals surface area contributed by atoms with Crippen LogP contribution in [0.15, 0.2) is 11.6 Å². The highest BCUT2D eigenvalue weighted by molar-refractivity contribution is 5.29. The van der Waals surface area contributed by atoms with E-state index in [9.17, 15) is 10.2 Å². The zero-order valence-electron chi connectivity index (χ0n) is 26.5. The summed E-state index contributed by atoms with van der Waals surface area (Å²) in [4.78, 5) is 0. The number of hydrogen-bond donors (Lipinski definition) is 2. The standard InChI is InChI=1S/C26H44O2.C5H10.2C2H6/c1-17(2)7-5-6-8-18-9-11-20-19-10-12-22-24(28)23(27)14-16-26(22,4)21(19)13-15-25(18,20)3;1-5-3-2-4-5;2*1-2/h12,17-21,23-24,27-28H,5-11,13-16H2,1-4H3;5H,2-4H2,1H3;2*1-2H3. The SMILES string of the molecule is CC.CC.CC(C)CCCCC1CCC2C3CC=C4C(O)C(O)CCC4(C)C3CCC12C.CC1CCC1. The molecule has 5 rings (SSSR count). The van der Waals surface area contributed by atoms with Crippen molar-refractivity contribution < 1.29 is 10.2 Å². The summed E-state index contributed by atoms with van der Waals surface area (Å²) in [7, 11) is 0. The van der Waals surface area contributed by atoms with E-state index in [-0.39, 0.29) is 5.41 Å². The number of fused-ring (bicyclic) bond motifs is 5. The first kappa shape index (κ1) is 32.9. The molecule has 2 heteroatoms. The van der Waals surface area contributed by atoms with Crippen molar-refractivity contribution in [2.24, 2.45) is 46.3 Å². The minimum atomic E-state index is -0.620. The Morgan fingerprint density at radius 2 is 1.51 bits per heavy atom. The Kier molecular flexibility index (Phi) is 13.2. The third kappa shape index (κ3) is 7.25. The molecule has 0 aromatic heterocycles. The van der Waals surface area contributed by atoms with Crippen LogP contribution in [0.1, 0.15) is 152 Å². The number of hydrogen-bond acceptors (Lipinski definition) is 2. The lowest BCUT2D eigenvalue weighted by atomic mass is 9.47. The molecule has 4 saturated carbocycles. The van der Waals surface area contributed by atoms with E-state index in [0.29, 0.717) is 11.3 Å². The van der Waals surface area contributed by atoms with Gasteiger partial charge in [-0.1, -0.05) is 107 Å². The Balaban J connectivity index is 0.000000463. The predicted molar refractivity (Wildman–Crippen MR) is 162 cm³/mol. The first-order chi connectivity index (χ1) is 17.7. The molecule has 8 atom stereocenters. The van der Waals surface area contributed by atoms with Crippen molar-refractivity contribution in [1.29, 1.82) is 0 Å². The summed E-state index contributed by atoms with van der Waals surface area (Å²) in [6.07, 6.45) is 19.9. The molecule has 2 N–H and O–H groups in total. The van der Waals surface area contributed by atoms with Gasteiger partial charge in [-0.05, 0) is 103 Å². The third-order valence-electron chi connectivity index (χ3n) is 11.3. The fraction of sp³-hybridized carbons (Fsp3) is 0.943. The zero-order chi connectivity index (χ0) is 27.8. The van der Waals surface area contributed by atoms with Crippen LogP contribution in [0, 0.1) is 46.3 Å². The van der Waals surface area contributed by atoms with Gasteiger partial charge >= 0.3 is 0 Å². The van der Waals surface area contributed by atoms with E-state index >= 15 is 0 Å². The van der Waals surface area contributed by atoms with Gasteiger partial charge in [0.2, 0.25) is 0 Å². The monoisotopic (exact) mass is 519 g/mol. The third-order valence-corrected chi connectivity index (χ3v) is 11.3. The molecule has 37 heavy (non-hydrogen) atoms. The van der Waals surface area contributed by atoms with Crippen LogP contribution in [0.3, 0.4) is 0 Å². The van der Waals surface area contributed by atoms with Crippen LogP contribution in [0.25, 0.3) is 0 Å². The van der Waals surface area contributed by atoms with Crippen molar-refractivity contribution in [3.8, 4) is 0 Å². The Morgan fingerprint density at radius 1 is 0.865 bits per heavy atom. The summed E-state index contributed by atoms with van der Waals surface area (Å²) in [5, 5.41) is 20.8. The normalized spacial score (nSPS) is 40.2. The molecule has 0 aromatic rings. The van der Waals surface area contributed by atoms with Crippen LogP contribution in [0.5, 0.6) is 0 Å². The Hall–Kier alpha value is -0.340. The summed E-state index contributed by atoms with van der Waals surface area (Å²) in [5.41, 5.74) is 1.85. The van der Waals surface area contributed by atoms with Crippen molar-refractivity contribution in [3.63, 3.8) is 0 Å². The van der Waals surface area contributed by atoms with Crippen LogP contribution in [0.4, 0.5) is 0 Å². The Morgan fingerprint density at radius 3 is 2.08 bits per heavy atom. The summed E-state index contributed by atoms with van der Waals surface area (Å²) in [6, 6.07) is 0. The lowest BCUT2D eigenvalue weighted by Crippen LogP contribution is -2.53. The van der Waals surface area contributed by atoms with Gasteiger partial charge in [-0.3, -0.25) is 0 Å². The van der Waals surface area contributed by atoms with E-state index in [0.717, 1.165) is 48.9 Å². The second-order valence-electron chi connectivity index (χ2n) is 13.8. The van der Waals surface area contributed by atoms with Crippen molar-refractivity contribution in [3.05, 3.63) is 11.6 Å². The highest BCUT2D eigenvalue weighted by Crippen LogP contribution is 2.66. The van der Waals surface area contributed by atoms with Crippen molar-refractivity contribution in [2.75, 3.05) is 0 Å². The maximum Gasteiger partial charge on any atom is 0.101 e. The molecule has 0 radical (unpaired) electrons. The van der Waals surface area contributed by atoms with Gasteiger partial charge in [-0.15, -0.1) is 0 Å². The van der Waals surface area contributed by atoms with Gasteiger partial charge in [0.05, 0.1) is 6.10 Å².